The second-order valence-electron chi connectivity index (χ2n) is 25.0. The molecule has 0 spiro atoms. The maximum Gasteiger partial charge on any atom is 0.338 e. The molecule has 0 heterocycles. The van der Waals surface area contributed by atoms with Gasteiger partial charge in [-0.1, -0.05) is 26.0 Å². The Kier molecular flexibility index (Phi) is 39.0. The number of carbonyl (C=O) groups is 9. The van der Waals surface area contributed by atoms with E-state index < -0.39 is 34.7 Å². The van der Waals surface area contributed by atoms with Crippen LogP contribution < -0.4 is 30.7 Å². The van der Waals surface area contributed by atoms with Gasteiger partial charge in [0.05, 0.1) is 74.1 Å². The van der Waals surface area contributed by atoms with Crippen molar-refractivity contribution in [1.29, 1.82) is 0 Å². The zero-order chi connectivity index (χ0) is 74.7. The summed E-state index contributed by atoms with van der Waals surface area (Å²) in [5, 5.41) is 9.89. The van der Waals surface area contributed by atoms with Gasteiger partial charge in [-0.15, -0.1) is 0 Å². The van der Waals surface area contributed by atoms with Crippen molar-refractivity contribution in [3.63, 3.8) is 0 Å². The van der Waals surface area contributed by atoms with E-state index >= 15 is 0 Å². The Hall–Kier alpha value is -9.45. The summed E-state index contributed by atoms with van der Waals surface area (Å²) in [7, 11) is 5.48. The number of esters is 6. The molecule has 556 valence electrons. The van der Waals surface area contributed by atoms with E-state index in [-0.39, 0.29) is 81.6 Å². The van der Waals surface area contributed by atoms with Gasteiger partial charge >= 0.3 is 35.8 Å². The summed E-state index contributed by atoms with van der Waals surface area (Å²) < 4.78 is 45.1. The fourth-order valence-corrected chi connectivity index (χ4v) is 9.86. The minimum absolute atomic E-state index is 0.0326. The van der Waals surface area contributed by atoms with Crippen LogP contribution in [0.5, 0.6) is 0 Å². The number of carbonyl (C=O) groups excluding carboxylic acids is 9. The normalized spacial score (nSPS) is 11.6. The largest absolute Gasteiger partial charge is 0.465 e. The summed E-state index contributed by atoms with van der Waals surface area (Å²) in [4.78, 5) is 116. The Labute approximate surface area is 602 Å². The Bertz CT molecular complexity index is 3320. The summed E-state index contributed by atoms with van der Waals surface area (Å²) in [6, 6.07) is 35.7. The molecular weight excluding hydrogens is 1300 g/mol. The minimum Gasteiger partial charge on any atom is -0.465 e. The number of hydrogen-bond donors (Lipinski definition) is 3. The zero-order valence-electron chi connectivity index (χ0n) is 61.7. The molecule has 0 aliphatic heterocycles. The first-order valence-electron chi connectivity index (χ1n) is 35.1. The average Bonchev–Trinajstić information content (AvgIpc) is 1.31. The van der Waals surface area contributed by atoms with Crippen LogP contribution in [-0.4, -0.2) is 186 Å². The number of anilines is 5. The highest BCUT2D eigenvalue weighted by molar-refractivity contribution is 5.95. The van der Waals surface area contributed by atoms with Crippen molar-refractivity contribution in [2.45, 2.75) is 107 Å². The maximum atomic E-state index is 13.0. The number of ketones is 3. The van der Waals surface area contributed by atoms with Crippen molar-refractivity contribution in [1.82, 2.24) is 5.32 Å². The second kappa shape index (κ2) is 46.9. The minimum atomic E-state index is -1.00. The van der Waals surface area contributed by atoms with E-state index in [9.17, 15) is 43.2 Å². The first-order valence-corrected chi connectivity index (χ1v) is 35.1. The summed E-state index contributed by atoms with van der Waals surface area (Å²) in [5.41, 5.74) is 5.72. The maximum absolute atomic E-state index is 13.0. The molecule has 5 aromatic rings. The summed E-state index contributed by atoms with van der Waals surface area (Å²) in [6.45, 7) is 20.0. The van der Waals surface area contributed by atoms with Gasteiger partial charge in [-0.25, -0.2) is 9.59 Å². The third-order valence-electron chi connectivity index (χ3n) is 17.0. The van der Waals surface area contributed by atoms with E-state index in [4.69, 9.17) is 37.9 Å². The molecule has 23 heteroatoms. The van der Waals surface area contributed by atoms with E-state index in [1.54, 1.807) is 81.4 Å². The van der Waals surface area contributed by atoms with Crippen molar-refractivity contribution in [2.24, 2.45) is 10.8 Å². The molecule has 0 radical (unpaired) electrons. The van der Waals surface area contributed by atoms with Crippen LogP contribution in [0.1, 0.15) is 159 Å². The van der Waals surface area contributed by atoms with Crippen LogP contribution in [0.4, 0.5) is 28.4 Å². The Morgan fingerprint density at radius 1 is 0.392 bits per heavy atom. The van der Waals surface area contributed by atoms with Crippen LogP contribution in [0.25, 0.3) is 0 Å². The van der Waals surface area contributed by atoms with E-state index in [1.807, 2.05) is 123 Å². The molecule has 0 saturated heterocycles. The highest BCUT2D eigenvalue weighted by Gasteiger charge is 2.35. The lowest BCUT2D eigenvalue weighted by Crippen LogP contribution is -2.39. The SMILES string of the molecule is C/C=C\CNCCC(=O)OCC(CC)(COCCCNc1ccc(C(C)=O)cc1)COCCCNc1ccc(C(=O)OCC)cc1.CCOC(=O)c1ccc(N(C)CCC(=O)OCC(CC)(COC(=O)CCN(C)c2ccc(C(C)=O)cc2)COC(=O)CCN(C)c2ccc(C(C)=O)cc2)cc1. The van der Waals surface area contributed by atoms with E-state index in [0.29, 0.717) is 106 Å². The molecule has 1 unspecified atom stereocenters. The highest BCUT2D eigenvalue weighted by Crippen LogP contribution is 2.28. The lowest BCUT2D eigenvalue weighted by atomic mass is 9.88. The monoisotopic (exact) mass is 1410 g/mol. The number of nitrogens with zero attached hydrogens (tertiary/aromatic N) is 3. The summed E-state index contributed by atoms with van der Waals surface area (Å²) >= 11 is 0. The lowest BCUT2D eigenvalue weighted by molar-refractivity contribution is -0.162. The zero-order valence-corrected chi connectivity index (χ0v) is 61.7. The molecule has 0 aliphatic carbocycles. The molecule has 23 nitrogen and oxygen atoms in total. The smallest absolute Gasteiger partial charge is 0.338 e. The third-order valence-corrected chi connectivity index (χ3v) is 17.0. The van der Waals surface area contributed by atoms with Crippen LogP contribution in [0.3, 0.4) is 0 Å². The van der Waals surface area contributed by atoms with Crippen LogP contribution in [0, 0.1) is 10.8 Å². The molecule has 0 bridgehead atoms. The standard InChI is InChI=1S/C43H55N3O10.C36H53N3O7/c1-8-43(28-54-39(49)22-25-44(5)36-16-10-33(11-17-36)31(3)47,29-55-40(50)23-26-45(6)37-18-12-34(13-19-37)32(4)48)30-56-41(51)24-27-46(7)38-20-14-35(15-21-38)42(52)53-9-2;1-5-8-20-37-23-19-34(41)46-28-36(6-2,26-43-24-9-21-38-32-15-11-30(12-16-32)29(4)40)27-44-25-10-22-39-33-17-13-31(14-18-33)35(42)45-7-3/h10-21H,8-9,22-30H2,1-7H3;5,8,11-18,37-39H,6-7,9-10,19-28H2,1-4H3/b;8-5-. The van der Waals surface area contributed by atoms with Crippen molar-refractivity contribution >= 4 is 81.6 Å². The highest BCUT2D eigenvalue weighted by atomic mass is 16.6. The number of benzene rings is 5. The molecule has 1 atom stereocenters. The third kappa shape index (κ3) is 32.0. The van der Waals surface area contributed by atoms with Gasteiger partial charge in [0.15, 0.2) is 17.3 Å². The molecule has 3 N–H and O–H groups in total. The number of Topliss-reactive ketones (excluding diaryl/α,β-unsaturated/α-hetero) is 3. The van der Waals surface area contributed by atoms with E-state index in [1.165, 1.54) is 13.8 Å². The first-order chi connectivity index (χ1) is 49.0. The molecular formula is C79H108N6O17. The topological polar surface area (TPSA) is 273 Å². The van der Waals surface area contributed by atoms with Crippen molar-refractivity contribution in [2.75, 3.05) is 158 Å². The molecule has 0 amide bonds. The fraction of sp³-hybridized carbons (Fsp3) is 0.481. The predicted molar refractivity (Wildman–Crippen MR) is 397 cm³/mol. The quantitative estimate of drug-likeness (QED) is 0.0107. The van der Waals surface area contributed by atoms with E-state index in [0.717, 1.165) is 60.8 Å². The van der Waals surface area contributed by atoms with Crippen molar-refractivity contribution in [3.05, 3.63) is 161 Å². The van der Waals surface area contributed by atoms with Crippen LogP contribution in [-0.2, 0) is 57.1 Å². The molecule has 0 aliphatic rings. The summed E-state index contributed by atoms with van der Waals surface area (Å²) in [5.74, 6) is -2.42. The summed E-state index contributed by atoms with van der Waals surface area (Å²) in [6.07, 6.45) is 7.11. The van der Waals surface area contributed by atoms with Crippen LogP contribution in [0.15, 0.2) is 133 Å². The molecule has 0 saturated carbocycles. The molecule has 0 fully saturated rings. The number of nitrogens with one attached hydrogen (secondary N) is 3. The number of allylic oxidation sites excluding steroid dienone is 1. The lowest BCUT2D eigenvalue weighted by Gasteiger charge is -2.32. The van der Waals surface area contributed by atoms with Crippen molar-refractivity contribution < 1.29 is 81.0 Å². The van der Waals surface area contributed by atoms with Gasteiger partial charge in [-0.3, -0.25) is 33.6 Å². The molecule has 0 aromatic heterocycles. The van der Waals surface area contributed by atoms with Crippen molar-refractivity contribution in [3.8, 4) is 0 Å². The molecule has 5 aromatic carbocycles. The van der Waals surface area contributed by atoms with Crippen LogP contribution >= 0.6 is 0 Å². The van der Waals surface area contributed by atoms with Gasteiger partial charge in [0, 0.05) is 125 Å². The number of hydrogen-bond acceptors (Lipinski definition) is 23. The first kappa shape index (κ1) is 85.0. The van der Waals surface area contributed by atoms with Gasteiger partial charge in [0.25, 0.3) is 0 Å². The fourth-order valence-electron chi connectivity index (χ4n) is 9.86. The molecule has 102 heavy (non-hydrogen) atoms. The van der Waals surface area contributed by atoms with Gasteiger partial charge in [-0.2, -0.15) is 0 Å². The van der Waals surface area contributed by atoms with Gasteiger partial charge in [0.1, 0.15) is 26.4 Å². The van der Waals surface area contributed by atoms with Crippen LogP contribution in [0.2, 0.25) is 0 Å². The van der Waals surface area contributed by atoms with Gasteiger partial charge in [0.2, 0.25) is 0 Å². The Morgan fingerprint density at radius 3 is 1.01 bits per heavy atom. The predicted octanol–water partition coefficient (Wildman–Crippen LogP) is 12.1. The number of rotatable bonds is 48. The van der Waals surface area contributed by atoms with E-state index in [2.05, 4.69) is 22.9 Å². The second-order valence-corrected chi connectivity index (χ2v) is 25.0. The Morgan fingerprint density at radius 2 is 0.696 bits per heavy atom. The molecule has 5 rings (SSSR count). The van der Waals surface area contributed by atoms with Gasteiger partial charge < -0.3 is 68.5 Å². The number of ether oxygens (including phenoxy) is 8. The Balaban J connectivity index is 0.000000441. The van der Waals surface area contributed by atoms with Gasteiger partial charge in [-0.05, 0) is 189 Å². The average molecular weight is 1410 g/mol.